The van der Waals surface area contributed by atoms with Crippen LogP contribution in [-0.4, -0.2) is 13.4 Å². The van der Waals surface area contributed by atoms with Gasteiger partial charge in [0.05, 0.1) is 5.69 Å². The predicted molar refractivity (Wildman–Crippen MR) is 78.1 cm³/mol. The number of aromatic nitrogens is 1. The number of sulfonamides is 1. The van der Waals surface area contributed by atoms with Crippen LogP contribution in [0.5, 0.6) is 0 Å². The first-order chi connectivity index (χ1) is 9.03. The summed E-state index contributed by atoms with van der Waals surface area (Å²) < 4.78 is 27.7. The van der Waals surface area contributed by atoms with Gasteiger partial charge in [-0.25, -0.2) is 13.1 Å². The van der Waals surface area contributed by atoms with Crippen LogP contribution < -0.4 is 16.0 Å². The Morgan fingerprint density at radius 3 is 2.89 bits per heavy atom. The van der Waals surface area contributed by atoms with Crippen LogP contribution in [0.4, 0.5) is 5.69 Å². The molecular weight excluding hydrogens is 352 g/mol. The molecule has 9 heteroatoms. The monoisotopic (exact) mass is 362 g/mol. The van der Waals surface area contributed by atoms with Crippen molar-refractivity contribution in [2.24, 2.45) is 5.84 Å². The van der Waals surface area contributed by atoms with E-state index in [1.54, 1.807) is 0 Å². The summed E-state index contributed by atoms with van der Waals surface area (Å²) in [5.74, 6) is 5.28. The number of nitrogens with two attached hydrogens (primary N) is 1. The van der Waals surface area contributed by atoms with Crippen LogP contribution >= 0.6 is 27.3 Å². The Morgan fingerprint density at radius 1 is 1.47 bits per heavy atom. The van der Waals surface area contributed by atoms with Crippen LogP contribution in [0.15, 0.2) is 39.3 Å². The Hall–Kier alpha value is -1.000. The largest absolute Gasteiger partial charge is 0.323 e. The normalized spacial score (nSPS) is 11.5. The first-order valence-corrected chi connectivity index (χ1v) is 8.32. The van der Waals surface area contributed by atoms with Crippen molar-refractivity contribution in [3.05, 3.63) is 39.3 Å². The van der Waals surface area contributed by atoms with Crippen molar-refractivity contribution < 1.29 is 8.42 Å². The molecule has 0 spiro atoms. The molecule has 0 saturated heterocycles. The van der Waals surface area contributed by atoms with Crippen molar-refractivity contribution in [3.63, 3.8) is 0 Å². The first kappa shape index (κ1) is 14.4. The second-order valence-corrected chi connectivity index (χ2v) is 7.22. The molecule has 0 atom stereocenters. The molecule has 2 aromatic rings. The fraction of sp³-hybridized carbons (Fsp3) is 0.100. The number of pyridine rings is 1. The zero-order chi connectivity index (χ0) is 13.9. The lowest BCUT2D eigenvalue weighted by molar-refractivity contribution is 0.581. The summed E-state index contributed by atoms with van der Waals surface area (Å²) in [6.07, 6.45) is 2.71. The Morgan fingerprint density at radius 2 is 2.26 bits per heavy atom. The highest BCUT2D eigenvalue weighted by Crippen LogP contribution is 2.21. The van der Waals surface area contributed by atoms with Crippen molar-refractivity contribution >= 4 is 43.0 Å². The van der Waals surface area contributed by atoms with Gasteiger partial charge in [0.15, 0.2) is 0 Å². The third-order valence-electron chi connectivity index (χ3n) is 2.29. The van der Waals surface area contributed by atoms with Gasteiger partial charge in [-0.15, -0.1) is 11.3 Å². The van der Waals surface area contributed by atoms with E-state index in [9.17, 15) is 8.42 Å². The van der Waals surface area contributed by atoms with E-state index in [1.165, 1.54) is 29.8 Å². The van der Waals surface area contributed by atoms with Gasteiger partial charge in [0.1, 0.15) is 4.90 Å². The molecule has 2 rings (SSSR count). The Kier molecular flexibility index (Phi) is 4.53. The average Bonchev–Trinajstić information content (AvgIpc) is 2.82. The number of nitrogens with one attached hydrogen (secondary N) is 2. The van der Waals surface area contributed by atoms with E-state index in [4.69, 9.17) is 5.84 Å². The van der Waals surface area contributed by atoms with Crippen molar-refractivity contribution in [1.29, 1.82) is 0 Å². The lowest BCUT2D eigenvalue weighted by Crippen LogP contribution is -2.24. The zero-order valence-corrected chi connectivity index (χ0v) is 12.8. The van der Waals surface area contributed by atoms with Crippen LogP contribution in [-0.2, 0) is 16.6 Å². The molecule has 0 aliphatic carbocycles. The molecule has 6 nitrogen and oxygen atoms in total. The third kappa shape index (κ3) is 3.51. The van der Waals surface area contributed by atoms with Crippen LogP contribution in [0.1, 0.15) is 4.88 Å². The van der Waals surface area contributed by atoms with Gasteiger partial charge in [-0.1, -0.05) is 0 Å². The van der Waals surface area contributed by atoms with Gasteiger partial charge < -0.3 is 5.43 Å². The summed E-state index contributed by atoms with van der Waals surface area (Å²) in [5.41, 5.74) is 2.64. The van der Waals surface area contributed by atoms with Crippen LogP contribution in [0.2, 0.25) is 0 Å². The Bertz CT molecular complexity index is 672. The van der Waals surface area contributed by atoms with E-state index < -0.39 is 10.0 Å². The van der Waals surface area contributed by atoms with E-state index in [2.05, 4.69) is 31.1 Å². The third-order valence-corrected chi connectivity index (χ3v) is 5.41. The molecule has 19 heavy (non-hydrogen) atoms. The van der Waals surface area contributed by atoms with Gasteiger partial charge in [0.25, 0.3) is 0 Å². The van der Waals surface area contributed by atoms with Gasteiger partial charge in [0.2, 0.25) is 10.0 Å². The van der Waals surface area contributed by atoms with Crippen LogP contribution in [0.25, 0.3) is 0 Å². The maximum Gasteiger partial charge on any atom is 0.244 e. The number of nitrogen functional groups attached to an aromatic ring is 1. The van der Waals surface area contributed by atoms with E-state index in [0.29, 0.717) is 5.69 Å². The highest BCUT2D eigenvalue weighted by atomic mass is 79.9. The second-order valence-electron chi connectivity index (χ2n) is 3.57. The summed E-state index contributed by atoms with van der Waals surface area (Å²) in [5, 5.41) is 1.89. The quantitative estimate of drug-likeness (QED) is 0.555. The summed E-state index contributed by atoms with van der Waals surface area (Å²) in [4.78, 5) is 4.72. The molecule has 0 bridgehead atoms. The summed E-state index contributed by atoms with van der Waals surface area (Å²) >= 11 is 4.78. The predicted octanol–water partition coefficient (Wildman–Crippen LogP) is 1.67. The smallest absolute Gasteiger partial charge is 0.244 e. The molecule has 0 amide bonds. The number of nitrogens with zero attached hydrogens (tertiary/aromatic N) is 1. The maximum absolute atomic E-state index is 12.1. The van der Waals surface area contributed by atoms with Crippen molar-refractivity contribution in [1.82, 2.24) is 9.71 Å². The fourth-order valence-electron chi connectivity index (χ4n) is 1.40. The number of rotatable bonds is 5. The number of hydrogen-bond donors (Lipinski definition) is 3. The number of halogens is 1. The standard InChI is InChI=1S/C10H11BrN4O2S2/c11-7-3-8(18-6-7)4-14-19(16,17)10-5-13-2-1-9(10)15-12/h1-3,5-6,14H,4,12H2,(H,13,15). The van der Waals surface area contributed by atoms with E-state index in [-0.39, 0.29) is 11.4 Å². The summed E-state index contributed by atoms with van der Waals surface area (Å²) in [6.45, 7) is 0.220. The highest BCUT2D eigenvalue weighted by Gasteiger charge is 2.18. The minimum absolute atomic E-state index is 0.0214. The number of thiophene rings is 1. The average molecular weight is 363 g/mol. The van der Waals surface area contributed by atoms with Gasteiger partial charge in [0, 0.05) is 33.7 Å². The van der Waals surface area contributed by atoms with Crippen LogP contribution in [0.3, 0.4) is 0 Å². The minimum atomic E-state index is -3.66. The SMILES string of the molecule is NNc1ccncc1S(=O)(=O)NCc1cc(Br)cs1. The summed E-state index contributed by atoms with van der Waals surface area (Å²) in [7, 11) is -3.66. The maximum atomic E-state index is 12.1. The van der Waals surface area contributed by atoms with E-state index >= 15 is 0 Å². The Balaban J connectivity index is 2.18. The topological polar surface area (TPSA) is 97.1 Å². The van der Waals surface area contributed by atoms with E-state index in [0.717, 1.165) is 9.35 Å². The minimum Gasteiger partial charge on any atom is -0.323 e. The lowest BCUT2D eigenvalue weighted by Gasteiger charge is -2.09. The molecule has 2 heterocycles. The van der Waals surface area contributed by atoms with Gasteiger partial charge in [-0.05, 0) is 28.1 Å². The highest BCUT2D eigenvalue weighted by molar-refractivity contribution is 9.10. The van der Waals surface area contributed by atoms with Crippen LogP contribution in [0, 0.1) is 0 Å². The summed E-state index contributed by atoms with van der Waals surface area (Å²) in [6, 6.07) is 3.36. The van der Waals surface area contributed by atoms with Gasteiger partial charge in [-0.3, -0.25) is 10.8 Å². The molecular formula is C10H11BrN4O2S2. The van der Waals surface area contributed by atoms with Gasteiger partial charge >= 0.3 is 0 Å². The molecule has 0 saturated carbocycles. The molecule has 102 valence electrons. The lowest BCUT2D eigenvalue weighted by atomic mass is 10.4. The first-order valence-electron chi connectivity index (χ1n) is 5.16. The molecule has 0 aliphatic heterocycles. The molecule has 0 unspecified atom stereocenters. The molecule has 4 N–H and O–H groups in total. The molecule has 0 aliphatic rings. The fourth-order valence-corrected chi connectivity index (χ4v) is 4.00. The zero-order valence-electron chi connectivity index (χ0n) is 9.63. The second kappa shape index (κ2) is 5.97. The van der Waals surface area contributed by atoms with Gasteiger partial charge in [-0.2, -0.15) is 0 Å². The molecule has 2 aromatic heterocycles. The molecule has 0 radical (unpaired) electrons. The molecule has 0 aromatic carbocycles. The number of anilines is 1. The molecule has 0 fully saturated rings. The van der Waals surface area contributed by atoms with Crippen molar-refractivity contribution in [2.75, 3.05) is 5.43 Å². The Labute approximate surface area is 123 Å². The van der Waals surface area contributed by atoms with Crippen molar-refractivity contribution in [2.45, 2.75) is 11.4 Å². The number of hydrogen-bond acceptors (Lipinski definition) is 6. The number of hydrazine groups is 1. The van der Waals surface area contributed by atoms with Crippen molar-refractivity contribution in [3.8, 4) is 0 Å². The van der Waals surface area contributed by atoms with E-state index in [1.807, 2.05) is 11.4 Å².